The first-order valence-corrected chi connectivity index (χ1v) is 44.8. The average Bonchev–Trinajstić information content (AvgIpc) is 1.61. The third kappa shape index (κ3) is 19.5. The van der Waals surface area contributed by atoms with Gasteiger partial charge in [-0.25, -0.2) is 19.9 Å². The van der Waals surface area contributed by atoms with Crippen LogP contribution in [0.4, 0.5) is 0 Å². The maximum absolute atomic E-state index is 5.89. The molecular formula is C112H106Fe2N8O25. The normalized spacial score (nSPS) is 11.3. The number of hydrogen-bond acceptors (Lipinski definition) is 28. The van der Waals surface area contributed by atoms with Crippen LogP contribution >= 0.6 is 0 Å². The van der Waals surface area contributed by atoms with Gasteiger partial charge >= 0.3 is 34.1 Å². The molecule has 0 radical (unpaired) electrons. The van der Waals surface area contributed by atoms with Crippen LogP contribution in [0, 0.1) is 0 Å². The summed E-state index contributed by atoms with van der Waals surface area (Å²) >= 11 is 0. The molecule has 4 aliphatic heterocycles. The minimum atomic E-state index is 0. The van der Waals surface area contributed by atoms with Crippen LogP contribution in [0.15, 0.2) is 146 Å². The van der Waals surface area contributed by atoms with Crippen LogP contribution in [0.3, 0.4) is 0 Å². The van der Waals surface area contributed by atoms with Crippen molar-refractivity contribution in [1.29, 1.82) is 0 Å². The third-order valence-electron chi connectivity index (χ3n) is 24.8. The van der Waals surface area contributed by atoms with Crippen LogP contribution < -0.4 is 134 Å². The van der Waals surface area contributed by atoms with Gasteiger partial charge in [-0.3, -0.25) is 0 Å². The fourth-order valence-corrected chi connectivity index (χ4v) is 18.3. The van der Waals surface area contributed by atoms with Gasteiger partial charge in [-0.2, -0.15) is 0 Å². The Hall–Kier alpha value is -16.8. The Balaban J connectivity index is 0.000000228. The van der Waals surface area contributed by atoms with Gasteiger partial charge in [0, 0.05) is 0 Å². The van der Waals surface area contributed by atoms with Crippen molar-refractivity contribution in [3.63, 3.8) is 0 Å². The number of rotatable bonds is 32. The summed E-state index contributed by atoms with van der Waals surface area (Å²) in [6, 6.07) is 45.6. The Labute approximate surface area is 869 Å². The van der Waals surface area contributed by atoms with E-state index in [0.717, 1.165) is 0 Å². The number of benzene rings is 8. The number of nitrogens with zero attached hydrogens (tertiary/aromatic N) is 8. The van der Waals surface area contributed by atoms with Gasteiger partial charge in [0.1, 0.15) is 0 Å². The molecule has 147 heavy (non-hydrogen) atoms. The van der Waals surface area contributed by atoms with E-state index in [1.807, 2.05) is 194 Å². The van der Waals surface area contributed by atoms with Crippen molar-refractivity contribution in [3.05, 3.63) is 191 Å². The van der Waals surface area contributed by atoms with Crippen molar-refractivity contribution in [2.75, 3.05) is 171 Å². The predicted molar refractivity (Wildman–Crippen MR) is 558 cm³/mol. The first kappa shape index (κ1) is 106. The average molecular weight is 2080 g/mol. The van der Waals surface area contributed by atoms with Gasteiger partial charge in [0.15, 0.2) is 92.0 Å². The van der Waals surface area contributed by atoms with Gasteiger partial charge in [-0.1, -0.05) is 48.5 Å². The zero-order chi connectivity index (χ0) is 102. The van der Waals surface area contributed by atoms with Crippen molar-refractivity contribution in [1.82, 2.24) is 39.9 Å². The van der Waals surface area contributed by atoms with Crippen LogP contribution in [0.25, 0.3) is 182 Å². The molecule has 10 heterocycles. The van der Waals surface area contributed by atoms with Gasteiger partial charge in [0.05, 0.1) is 216 Å². The SMILES string of the molecule is COc1cc(-c2c3nc(c(-c4cc(OC)c(OC)c(OC)c4)c4ccc([n-]4)c(-c4cc(OC)c(OC)c(OC)c4)c4nc(c(-c5cc(OC)c(OC)c(OC)c5)c5ccc2[n-]5)C=C4)C=C3)cc(OC)c1OC.COc1cc(-c2c3nc(c(-c4cc(OC)c(OC)c(OC)c4)c4ccc([n-]4)c(-c4cc(OC)c(OC)c(OC)c4)c4nc(c(-c5cc(OC)c(OC)c(OC)c5)c5ccc2[n-]5)C=C4)C=C3)cc(OC)c1OC.O.[Fe+2].[Fe+2]. The Morgan fingerprint density at radius 1 is 0.143 bits per heavy atom. The standard InChI is InChI=1S/2C56H52N4O12.2Fe.H2O/c2*1-61-41-21-29(22-42(62-2)53(41)69-9)49-33-13-15-35(57-33)50(30-23-43(63-3)54(70-10)44(24-30)64-4)37-17-19-39(59-37)52(32-27-47(67-7)56(72-12)48(28-32)68-8)40-20-18-38(60-40)51(36-16-14-34(49)58-36)31-25-45(65-5)55(71-11)46(26-31)66-6;;;/h2*13-28H,1-12H3;;;1H2/q2*-2;2*+2;. The molecule has 0 unspecified atom stereocenters. The maximum Gasteiger partial charge on any atom is 2.00 e. The molecule has 16 bridgehead atoms. The molecule has 8 aromatic carbocycles. The zero-order valence-corrected chi connectivity index (χ0v) is 87.3. The fraction of sp³-hybridized carbons (Fsp3) is 0.214. The van der Waals surface area contributed by atoms with E-state index in [-0.39, 0.29) is 39.6 Å². The number of hydrogen-bond donors (Lipinski definition) is 0. The van der Waals surface area contributed by atoms with E-state index in [4.69, 9.17) is 154 Å². The number of methoxy groups -OCH3 is 24. The third-order valence-corrected chi connectivity index (χ3v) is 24.8. The second kappa shape index (κ2) is 45.8. The van der Waals surface area contributed by atoms with Crippen molar-refractivity contribution in [2.45, 2.75) is 0 Å². The summed E-state index contributed by atoms with van der Waals surface area (Å²) < 4.78 is 140. The Morgan fingerprint density at radius 3 is 0.306 bits per heavy atom. The quantitative estimate of drug-likeness (QED) is 0.0353. The van der Waals surface area contributed by atoms with Crippen LogP contribution in [0.1, 0.15) is 45.6 Å². The topological polar surface area (TPSA) is 361 Å². The van der Waals surface area contributed by atoms with Crippen LogP contribution in [-0.4, -0.2) is 196 Å². The van der Waals surface area contributed by atoms with Crippen molar-refractivity contribution < 1.29 is 153 Å². The molecule has 0 spiro atoms. The van der Waals surface area contributed by atoms with Gasteiger partial charge in [-0.15, -0.1) is 44.1 Å². The first-order chi connectivity index (χ1) is 70.2. The Morgan fingerprint density at radius 2 is 0.231 bits per heavy atom. The van der Waals surface area contributed by atoms with Crippen LogP contribution in [-0.2, 0) is 34.1 Å². The monoisotopic (exact) mass is 2070 g/mol. The van der Waals surface area contributed by atoms with Crippen molar-refractivity contribution in [2.24, 2.45) is 0 Å². The molecule has 2 N–H and O–H groups in total. The minimum Gasteiger partial charge on any atom is -0.657 e. The predicted octanol–water partition coefficient (Wildman–Crippen LogP) is 20.5. The molecule has 0 aliphatic carbocycles. The molecule has 0 saturated heterocycles. The van der Waals surface area contributed by atoms with E-state index in [0.29, 0.717) is 317 Å². The molecular weight excluding hydrogens is 1970 g/mol. The zero-order valence-electron chi connectivity index (χ0n) is 85.1. The molecule has 0 atom stereocenters. The maximum atomic E-state index is 5.89. The second-order valence-corrected chi connectivity index (χ2v) is 32.0. The van der Waals surface area contributed by atoms with Gasteiger partial charge in [0.25, 0.3) is 0 Å². The number of ether oxygens (including phenoxy) is 24. The fourth-order valence-electron chi connectivity index (χ4n) is 18.3. The molecule has 14 aromatic rings. The molecule has 0 saturated carbocycles. The van der Waals surface area contributed by atoms with E-state index in [9.17, 15) is 0 Å². The smallest absolute Gasteiger partial charge is 0.657 e. The molecule has 18 rings (SSSR count). The summed E-state index contributed by atoms with van der Waals surface area (Å²) in [6.07, 6.45) is 15.6. The molecule has 33 nitrogen and oxygen atoms in total. The number of aromatic nitrogens is 8. The summed E-state index contributed by atoms with van der Waals surface area (Å²) in [5.74, 6) is 10.6. The van der Waals surface area contributed by atoms with Crippen molar-refractivity contribution in [3.8, 4) is 227 Å². The van der Waals surface area contributed by atoms with E-state index >= 15 is 0 Å². The summed E-state index contributed by atoms with van der Waals surface area (Å²) in [4.78, 5) is 43.4. The first-order valence-electron chi connectivity index (χ1n) is 44.8. The number of fused-ring (bicyclic) bond motifs is 16. The van der Waals surface area contributed by atoms with Gasteiger partial charge in [-0.05, 0) is 235 Å². The van der Waals surface area contributed by atoms with Crippen LogP contribution in [0.5, 0.6) is 138 Å². The Kier molecular flexibility index (Phi) is 33.0. The minimum absolute atomic E-state index is 0. The molecule has 6 aromatic heterocycles. The second-order valence-electron chi connectivity index (χ2n) is 32.0. The van der Waals surface area contributed by atoms with Crippen LogP contribution in [0.2, 0.25) is 0 Å². The summed E-state index contributed by atoms with van der Waals surface area (Å²) in [5.41, 5.74) is 20.2. The largest absolute Gasteiger partial charge is 2.00 e. The summed E-state index contributed by atoms with van der Waals surface area (Å²) in [7, 11) is 37.7. The molecule has 0 fully saturated rings. The molecule has 0 amide bonds. The summed E-state index contributed by atoms with van der Waals surface area (Å²) in [6.45, 7) is 0. The molecule has 35 heteroatoms. The van der Waals surface area contributed by atoms with E-state index in [1.165, 1.54) is 0 Å². The van der Waals surface area contributed by atoms with E-state index < -0.39 is 0 Å². The van der Waals surface area contributed by atoms with Crippen molar-refractivity contribution >= 4 is 92.7 Å². The van der Waals surface area contributed by atoms with E-state index in [2.05, 4.69) is 0 Å². The Bertz CT molecular complexity index is 6350. The van der Waals surface area contributed by atoms with Gasteiger partial charge < -0.3 is 139 Å². The molecule has 4 aliphatic rings. The molecule has 760 valence electrons. The van der Waals surface area contributed by atoms with E-state index in [1.54, 1.807) is 171 Å². The van der Waals surface area contributed by atoms with Gasteiger partial charge in [0.2, 0.25) is 46.0 Å². The summed E-state index contributed by atoms with van der Waals surface area (Å²) in [5, 5.41) is 0.